The van der Waals surface area contributed by atoms with E-state index in [4.69, 9.17) is 5.73 Å². The lowest BCUT2D eigenvalue weighted by atomic mass is 10.2. The van der Waals surface area contributed by atoms with Gasteiger partial charge in [-0.15, -0.1) is 0 Å². The van der Waals surface area contributed by atoms with Crippen LogP contribution in [0, 0.1) is 23.0 Å². The second-order valence-corrected chi connectivity index (χ2v) is 7.30. The molecule has 0 saturated carbocycles. The summed E-state index contributed by atoms with van der Waals surface area (Å²) in [4.78, 5) is 21.2. The number of nitrogens with two attached hydrogens (primary N) is 1. The predicted octanol–water partition coefficient (Wildman–Crippen LogP) is 1.04. The highest BCUT2D eigenvalue weighted by Gasteiger charge is 2.28. The smallest absolute Gasteiger partial charge is 0.273 e. The van der Waals surface area contributed by atoms with Crippen molar-refractivity contribution in [2.45, 2.75) is 25.7 Å². The molecule has 0 heterocycles. The van der Waals surface area contributed by atoms with Crippen LogP contribution in [0.1, 0.15) is 19.4 Å². The van der Waals surface area contributed by atoms with E-state index in [1.807, 2.05) is 0 Å². The van der Waals surface area contributed by atoms with Gasteiger partial charge in [0, 0.05) is 18.2 Å². The maximum Gasteiger partial charge on any atom is 0.273 e. The molecule has 0 aliphatic carbocycles. The van der Waals surface area contributed by atoms with E-state index in [-0.39, 0.29) is 23.0 Å². The summed E-state index contributed by atoms with van der Waals surface area (Å²) in [6.45, 7) is 4.72. The maximum atomic E-state index is 12.6. The Morgan fingerprint density at radius 1 is 1.41 bits per heavy atom. The van der Waals surface area contributed by atoms with E-state index >= 15 is 0 Å². The fourth-order valence-electron chi connectivity index (χ4n) is 1.92. The van der Waals surface area contributed by atoms with Crippen molar-refractivity contribution in [1.82, 2.24) is 4.31 Å². The number of nitrogens with zero attached hydrogens (tertiary/aromatic N) is 2. The first kappa shape index (κ1) is 18.1. The van der Waals surface area contributed by atoms with Crippen molar-refractivity contribution in [2.24, 2.45) is 11.7 Å². The molecule has 9 heteroatoms. The van der Waals surface area contributed by atoms with E-state index in [1.54, 1.807) is 13.8 Å². The van der Waals surface area contributed by atoms with E-state index < -0.39 is 27.4 Å². The summed E-state index contributed by atoms with van der Waals surface area (Å²) in [6, 6.07) is 3.65. The first-order valence-corrected chi connectivity index (χ1v) is 8.03. The normalized spacial score (nSPS) is 11.9. The third-order valence-corrected chi connectivity index (χ3v) is 4.72. The maximum absolute atomic E-state index is 12.6. The summed E-state index contributed by atoms with van der Waals surface area (Å²) >= 11 is 0. The van der Waals surface area contributed by atoms with Gasteiger partial charge in [-0.3, -0.25) is 14.9 Å². The molecule has 0 bridgehead atoms. The first-order valence-electron chi connectivity index (χ1n) is 6.59. The molecule has 0 saturated heterocycles. The van der Waals surface area contributed by atoms with Crippen LogP contribution < -0.4 is 5.73 Å². The summed E-state index contributed by atoms with van der Waals surface area (Å²) in [5.74, 6) is -0.819. The van der Waals surface area contributed by atoms with Gasteiger partial charge in [0.2, 0.25) is 15.9 Å². The number of sulfonamides is 1. The molecule has 1 amide bonds. The Hall–Kier alpha value is -2.00. The van der Waals surface area contributed by atoms with Crippen LogP contribution in [0.25, 0.3) is 0 Å². The lowest BCUT2D eigenvalue weighted by Crippen LogP contribution is -2.40. The summed E-state index contributed by atoms with van der Waals surface area (Å²) < 4.78 is 26.1. The van der Waals surface area contributed by atoms with Gasteiger partial charge in [-0.1, -0.05) is 19.9 Å². The summed E-state index contributed by atoms with van der Waals surface area (Å²) in [7, 11) is -4.04. The van der Waals surface area contributed by atoms with Crippen molar-refractivity contribution in [1.29, 1.82) is 0 Å². The number of carbonyl (C=O) groups is 1. The molecular formula is C13H19N3O5S. The zero-order valence-corrected chi connectivity index (χ0v) is 13.5. The van der Waals surface area contributed by atoms with E-state index in [9.17, 15) is 23.3 Å². The van der Waals surface area contributed by atoms with Gasteiger partial charge in [0.25, 0.3) is 5.69 Å². The molecule has 0 fully saturated rings. The average Bonchev–Trinajstić information content (AvgIpc) is 2.36. The molecule has 0 spiro atoms. The molecule has 0 aliphatic heterocycles. The fourth-order valence-corrected chi connectivity index (χ4v) is 3.51. The molecule has 1 rings (SSSR count). The Labute approximate surface area is 129 Å². The Morgan fingerprint density at radius 2 is 2.00 bits per heavy atom. The Balaban J connectivity index is 3.33. The average molecular weight is 329 g/mol. The van der Waals surface area contributed by atoms with E-state index in [0.29, 0.717) is 5.56 Å². The van der Waals surface area contributed by atoms with Gasteiger partial charge < -0.3 is 5.73 Å². The predicted molar refractivity (Wildman–Crippen MR) is 80.6 cm³/mol. The van der Waals surface area contributed by atoms with Crippen LogP contribution in [0.3, 0.4) is 0 Å². The molecule has 0 aromatic heterocycles. The second-order valence-electron chi connectivity index (χ2n) is 5.36. The van der Waals surface area contributed by atoms with E-state index in [1.165, 1.54) is 19.1 Å². The van der Waals surface area contributed by atoms with Gasteiger partial charge in [0.1, 0.15) is 0 Å². The van der Waals surface area contributed by atoms with Crippen LogP contribution in [-0.2, 0) is 14.8 Å². The summed E-state index contributed by atoms with van der Waals surface area (Å²) in [5.41, 5.74) is 5.16. The Morgan fingerprint density at radius 3 is 2.45 bits per heavy atom. The number of nitro benzene ring substituents is 1. The number of aryl methyl sites for hydroxylation is 1. The van der Waals surface area contributed by atoms with E-state index in [0.717, 1.165) is 10.4 Å². The van der Waals surface area contributed by atoms with Crippen LogP contribution in [0.2, 0.25) is 0 Å². The quantitative estimate of drug-likeness (QED) is 0.591. The van der Waals surface area contributed by atoms with Crippen molar-refractivity contribution in [3.8, 4) is 0 Å². The number of carbonyl (C=O) groups excluding carboxylic acids is 1. The van der Waals surface area contributed by atoms with Crippen LogP contribution in [0.5, 0.6) is 0 Å². The molecule has 122 valence electrons. The number of primary amides is 1. The minimum Gasteiger partial charge on any atom is -0.369 e. The number of nitro groups is 1. The molecule has 0 radical (unpaired) electrons. The standard InChI is InChI=1S/C13H19N3O5S/c1-9(2)7-15(8-13(14)17)22(20,21)11-5-4-10(3)12(6-11)16(18)19/h4-6,9H,7-8H2,1-3H3,(H2,14,17). The van der Waals surface area contributed by atoms with Crippen molar-refractivity contribution < 1.29 is 18.1 Å². The largest absolute Gasteiger partial charge is 0.369 e. The molecule has 0 atom stereocenters. The number of benzene rings is 1. The molecule has 0 aliphatic rings. The van der Waals surface area contributed by atoms with E-state index in [2.05, 4.69) is 0 Å². The minimum atomic E-state index is -4.04. The van der Waals surface area contributed by atoms with Crippen molar-refractivity contribution in [3.63, 3.8) is 0 Å². The Bertz CT molecular complexity index is 685. The van der Waals surface area contributed by atoms with Crippen LogP contribution in [0.15, 0.2) is 23.1 Å². The van der Waals surface area contributed by atoms with Gasteiger partial charge in [-0.2, -0.15) is 4.31 Å². The molecular weight excluding hydrogens is 310 g/mol. The van der Waals surface area contributed by atoms with Gasteiger partial charge in [0.15, 0.2) is 0 Å². The topological polar surface area (TPSA) is 124 Å². The van der Waals surface area contributed by atoms with Gasteiger partial charge in [-0.05, 0) is 18.9 Å². The number of amides is 1. The lowest BCUT2D eigenvalue weighted by Gasteiger charge is -2.22. The van der Waals surface area contributed by atoms with Crippen LogP contribution in [-0.4, -0.2) is 36.6 Å². The summed E-state index contributed by atoms with van der Waals surface area (Å²) in [6.07, 6.45) is 0. The number of hydrogen-bond donors (Lipinski definition) is 1. The van der Waals surface area contributed by atoms with Gasteiger partial charge in [-0.25, -0.2) is 8.42 Å². The fraction of sp³-hybridized carbons (Fsp3) is 0.462. The molecule has 8 nitrogen and oxygen atoms in total. The zero-order valence-electron chi connectivity index (χ0n) is 12.6. The molecule has 2 N–H and O–H groups in total. The third kappa shape index (κ3) is 4.25. The van der Waals surface area contributed by atoms with Crippen molar-refractivity contribution in [3.05, 3.63) is 33.9 Å². The highest BCUT2D eigenvalue weighted by molar-refractivity contribution is 7.89. The highest BCUT2D eigenvalue weighted by Crippen LogP contribution is 2.24. The monoisotopic (exact) mass is 329 g/mol. The lowest BCUT2D eigenvalue weighted by molar-refractivity contribution is -0.385. The second kappa shape index (κ2) is 6.84. The van der Waals surface area contributed by atoms with Crippen molar-refractivity contribution >= 4 is 21.6 Å². The number of hydrogen-bond acceptors (Lipinski definition) is 5. The summed E-state index contributed by atoms with van der Waals surface area (Å²) in [5, 5.41) is 10.9. The third-order valence-electron chi connectivity index (χ3n) is 2.92. The Kier molecular flexibility index (Phi) is 5.61. The SMILES string of the molecule is Cc1ccc(S(=O)(=O)N(CC(N)=O)CC(C)C)cc1[N+](=O)[O-]. The minimum absolute atomic E-state index is 0.0328. The van der Waals surface area contributed by atoms with Crippen molar-refractivity contribution in [2.75, 3.05) is 13.1 Å². The zero-order chi connectivity index (χ0) is 17.1. The molecule has 1 aromatic carbocycles. The van der Waals surface area contributed by atoms with Crippen LogP contribution >= 0.6 is 0 Å². The molecule has 22 heavy (non-hydrogen) atoms. The number of rotatable bonds is 7. The van der Waals surface area contributed by atoms with Crippen LogP contribution in [0.4, 0.5) is 5.69 Å². The highest BCUT2D eigenvalue weighted by atomic mass is 32.2. The van der Waals surface area contributed by atoms with Gasteiger partial charge in [0.05, 0.1) is 16.4 Å². The van der Waals surface area contributed by atoms with Gasteiger partial charge >= 0.3 is 0 Å². The molecule has 1 aromatic rings. The first-order chi connectivity index (χ1) is 10.1. The molecule has 0 unspecified atom stereocenters.